The Hall–Kier alpha value is -1.60. The molecular weight excluding hydrogens is 278 g/mol. The molecule has 1 heteroatoms. The van der Waals surface area contributed by atoms with Gasteiger partial charge in [0.25, 0.3) is 0 Å². The number of rotatable bonds is 5. The van der Waals surface area contributed by atoms with Crippen molar-refractivity contribution in [2.75, 3.05) is 13.1 Å². The predicted octanol–water partition coefficient (Wildman–Crippen LogP) is 5.27. The molecule has 0 atom stereocenters. The molecule has 0 aliphatic carbocycles. The lowest BCUT2D eigenvalue weighted by Crippen LogP contribution is -2.32. The first-order valence-corrected chi connectivity index (χ1v) is 9.22. The lowest BCUT2D eigenvalue weighted by molar-refractivity contribution is 0.257. The molecule has 2 aromatic carbocycles. The largest absolute Gasteiger partial charge is 0.298 e. The maximum absolute atomic E-state index is 2.60. The number of aryl methyl sites for hydroxylation is 1. The Kier molecular flexibility index (Phi) is 7.35. The van der Waals surface area contributed by atoms with E-state index in [0.29, 0.717) is 0 Å². The fourth-order valence-electron chi connectivity index (χ4n) is 3.37. The van der Waals surface area contributed by atoms with E-state index in [9.17, 15) is 0 Å². The minimum Gasteiger partial charge on any atom is -0.298 e. The predicted molar refractivity (Wildman–Crippen MR) is 101 cm³/mol. The number of nitrogens with zero attached hydrogens (tertiary/aromatic N) is 1. The Morgan fingerprint density at radius 3 is 2.43 bits per heavy atom. The topological polar surface area (TPSA) is 3.24 Å². The Morgan fingerprint density at radius 1 is 0.913 bits per heavy atom. The van der Waals surface area contributed by atoms with Gasteiger partial charge in [0.1, 0.15) is 0 Å². The normalized spacial score (nSPS) is 13.9. The van der Waals surface area contributed by atoms with Crippen molar-refractivity contribution in [1.82, 2.24) is 4.90 Å². The van der Waals surface area contributed by atoms with Crippen LogP contribution in [0.5, 0.6) is 0 Å². The standard InChI is InChI=1S/C20H25N.C2H6/c1-2-7-18-10-6-11-19-16-21(15-13-20(18)19)14-12-17-8-4-3-5-9-17;1-2/h3-6,8-11H,2,7,12-16H2,1H3;1-2H3. The highest BCUT2D eigenvalue weighted by atomic mass is 15.1. The highest BCUT2D eigenvalue weighted by Gasteiger charge is 2.17. The minimum atomic E-state index is 1.12. The molecule has 0 unspecified atom stereocenters. The van der Waals surface area contributed by atoms with Crippen LogP contribution in [-0.4, -0.2) is 18.0 Å². The summed E-state index contributed by atoms with van der Waals surface area (Å²) in [6.07, 6.45) is 4.85. The Balaban J connectivity index is 0.000000924. The third kappa shape index (κ3) is 4.94. The number of hydrogen-bond donors (Lipinski definition) is 0. The van der Waals surface area contributed by atoms with Crippen LogP contribution in [0.1, 0.15) is 49.4 Å². The van der Waals surface area contributed by atoms with E-state index >= 15 is 0 Å². The number of fused-ring (bicyclic) bond motifs is 1. The molecule has 0 radical (unpaired) electrons. The highest BCUT2D eigenvalue weighted by molar-refractivity contribution is 5.37. The van der Waals surface area contributed by atoms with Gasteiger partial charge in [-0.3, -0.25) is 4.90 Å². The molecule has 3 rings (SSSR count). The molecule has 1 heterocycles. The van der Waals surface area contributed by atoms with Crippen LogP contribution in [-0.2, 0) is 25.8 Å². The van der Waals surface area contributed by atoms with E-state index in [0.717, 1.165) is 13.0 Å². The van der Waals surface area contributed by atoms with Gasteiger partial charge in [0.2, 0.25) is 0 Å². The first-order chi connectivity index (χ1) is 11.4. The van der Waals surface area contributed by atoms with E-state index in [1.54, 1.807) is 16.7 Å². The van der Waals surface area contributed by atoms with Crippen LogP contribution in [0.2, 0.25) is 0 Å². The zero-order valence-electron chi connectivity index (χ0n) is 15.0. The minimum absolute atomic E-state index is 1.12. The van der Waals surface area contributed by atoms with E-state index < -0.39 is 0 Å². The maximum atomic E-state index is 2.60. The fourth-order valence-corrected chi connectivity index (χ4v) is 3.37. The van der Waals surface area contributed by atoms with Crippen LogP contribution in [0, 0.1) is 0 Å². The molecule has 0 fully saturated rings. The zero-order valence-corrected chi connectivity index (χ0v) is 15.0. The van der Waals surface area contributed by atoms with Crippen molar-refractivity contribution in [2.24, 2.45) is 0 Å². The molecule has 2 aromatic rings. The molecule has 0 bridgehead atoms. The second-order valence-corrected chi connectivity index (χ2v) is 6.07. The third-order valence-electron chi connectivity index (χ3n) is 4.52. The van der Waals surface area contributed by atoms with Crippen molar-refractivity contribution in [3.05, 3.63) is 70.8 Å². The van der Waals surface area contributed by atoms with E-state index in [-0.39, 0.29) is 0 Å². The second kappa shape index (κ2) is 9.52. The van der Waals surface area contributed by atoms with Gasteiger partial charge in [0.15, 0.2) is 0 Å². The maximum Gasteiger partial charge on any atom is 0.0236 e. The quantitative estimate of drug-likeness (QED) is 0.727. The second-order valence-electron chi connectivity index (χ2n) is 6.07. The van der Waals surface area contributed by atoms with Crippen molar-refractivity contribution in [2.45, 2.75) is 53.0 Å². The molecule has 0 amide bonds. The van der Waals surface area contributed by atoms with Crippen molar-refractivity contribution < 1.29 is 0 Å². The summed E-state index contributed by atoms with van der Waals surface area (Å²) in [7, 11) is 0. The van der Waals surface area contributed by atoms with Gasteiger partial charge in [-0.2, -0.15) is 0 Å². The smallest absolute Gasteiger partial charge is 0.0236 e. The Morgan fingerprint density at radius 2 is 1.70 bits per heavy atom. The number of benzene rings is 2. The van der Waals surface area contributed by atoms with Gasteiger partial charge >= 0.3 is 0 Å². The molecule has 0 saturated heterocycles. The van der Waals surface area contributed by atoms with Gasteiger partial charge in [0, 0.05) is 19.6 Å². The molecule has 1 aliphatic rings. The lowest BCUT2D eigenvalue weighted by atomic mass is 9.92. The third-order valence-corrected chi connectivity index (χ3v) is 4.52. The van der Waals surface area contributed by atoms with Crippen LogP contribution in [0.15, 0.2) is 48.5 Å². The molecule has 1 nitrogen and oxygen atoms in total. The molecular formula is C22H31N. The molecule has 0 N–H and O–H groups in total. The van der Waals surface area contributed by atoms with E-state index in [1.165, 1.54) is 37.9 Å². The summed E-state index contributed by atoms with van der Waals surface area (Å²) < 4.78 is 0. The summed E-state index contributed by atoms with van der Waals surface area (Å²) >= 11 is 0. The van der Waals surface area contributed by atoms with Crippen molar-refractivity contribution in [1.29, 1.82) is 0 Å². The summed E-state index contributed by atoms with van der Waals surface area (Å²) in [5.74, 6) is 0. The van der Waals surface area contributed by atoms with Gasteiger partial charge in [-0.25, -0.2) is 0 Å². The van der Waals surface area contributed by atoms with E-state index in [4.69, 9.17) is 0 Å². The van der Waals surface area contributed by atoms with Crippen LogP contribution < -0.4 is 0 Å². The first-order valence-electron chi connectivity index (χ1n) is 9.22. The summed E-state index contributed by atoms with van der Waals surface area (Å²) in [5.41, 5.74) is 6.22. The molecule has 0 saturated carbocycles. The average Bonchev–Trinajstić information content (AvgIpc) is 2.63. The van der Waals surface area contributed by atoms with E-state index in [2.05, 4.69) is 60.4 Å². The molecule has 1 aliphatic heterocycles. The Labute approximate surface area is 142 Å². The van der Waals surface area contributed by atoms with Gasteiger partial charge in [0.05, 0.1) is 0 Å². The molecule has 124 valence electrons. The van der Waals surface area contributed by atoms with Crippen LogP contribution in [0.4, 0.5) is 0 Å². The molecule has 0 spiro atoms. The molecule has 0 aromatic heterocycles. The zero-order chi connectivity index (χ0) is 16.5. The first kappa shape index (κ1) is 17.7. The fraction of sp³-hybridized carbons (Fsp3) is 0.455. The van der Waals surface area contributed by atoms with Crippen molar-refractivity contribution >= 4 is 0 Å². The monoisotopic (exact) mass is 309 g/mol. The van der Waals surface area contributed by atoms with Crippen LogP contribution >= 0.6 is 0 Å². The van der Waals surface area contributed by atoms with Crippen molar-refractivity contribution in [3.8, 4) is 0 Å². The number of hydrogen-bond acceptors (Lipinski definition) is 1. The van der Waals surface area contributed by atoms with Crippen LogP contribution in [0.25, 0.3) is 0 Å². The average molecular weight is 309 g/mol. The lowest BCUT2D eigenvalue weighted by Gasteiger charge is -2.30. The van der Waals surface area contributed by atoms with Gasteiger partial charge in [-0.05, 0) is 41.5 Å². The molecule has 23 heavy (non-hydrogen) atoms. The summed E-state index contributed by atoms with van der Waals surface area (Å²) in [5, 5.41) is 0. The van der Waals surface area contributed by atoms with Crippen molar-refractivity contribution in [3.63, 3.8) is 0 Å². The van der Waals surface area contributed by atoms with Crippen LogP contribution in [0.3, 0.4) is 0 Å². The SMILES string of the molecule is CC.CCCc1cccc2c1CCN(CCc1ccccc1)C2. The summed E-state index contributed by atoms with van der Waals surface area (Å²) in [4.78, 5) is 2.60. The highest BCUT2D eigenvalue weighted by Crippen LogP contribution is 2.23. The van der Waals surface area contributed by atoms with Gasteiger partial charge in [-0.15, -0.1) is 0 Å². The Bertz CT molecular complexity index is 574. The summed E-state index contributed by atoms with van der Waals surface area (Å²) in [6.45, 7) is 9.77. The summed E-state index contributed by atoms with van der Waals surface area (Å²) in [6, 6.07) is 17.7. The van der Waals surface area contributed by atoms with Gasteiger partial charge < -0.3 is 0 Å². The van der Waals surface area contributed by atoms with E-state index in [1.807, 2.05) is 13.8 Å². The van der Waals surface area contributed by atoms with Gasteiger partial charge in [-0.1, -0.05) is 75.7 Å².